The molecule has 0 spiro atoms. The Kier molecular flexibility index (Phi) is 4.53. The van der Waals surface area contributed by atoms with Crippen molar-refractivity contribution in [3.63, 3.8) is 0 Å². The van der Waals surface area contributed by atoms with Gasteiger partial charge in [0, 0.05) is 30.9 Å². The van der Waals surface area contributed by atoms with E-state index in [0.717, 1.165) is 24.9 Å². The highest BCUT2D eigenvalue weighted by molar-refractivity contribution is 8.13. The van der Waals surface area contributed by atoms with E-state index < -0.39 is 0 Å². The second-order valence-electron chi connectivity index (χ2n) is 5.01. The fourth-order valence-corrected chi connectivity index (χ4v) is 3.05. The van der Waals surface area contributed by atoms with Gasteiger partial charge in [0.25, 0.3) is 0 Å². The van der Waals surface area contributed by atoms with Crippen LogP contribution in [0.15, 0.2) is 4.99 Å². The lowest BCUT2D eigenvalue weighted by Crippen LogP contribution is -2.41. The summed E-state index contributed by atoms with van der Waals surface area (Å²) < 4.78 is 5.36. The van der Waals surface area contributed by atoms with Crippen LogP contribution in [0, 0.1) is 11.8 Å². The molecule has 0 radical (unpaired) electrons. The Morgan fingerprint density at radius 3 is 3.06 bits per heavy atom. The molecule has 2 saturated heterocycles. The van der Waals surface area contributed by atoms with Crippen LogP contribution in [0.4, 0.5) is 0 Å². The van der Waals surface area contributed by atoms with E-state index in [4.69, 9.17) is 4.74 Å². The molecule has 4 heteroatoms. The highest BCUT2D eigenvalue weighted by Crippen LogP contribution is 2.20. The van der Waals surface area contributed by atoms with Crippen LogP contribution < -0.4 is 5.32 Å². The third-order valence-electron chi connectivity index (χ3n) is 3.30. The van der Waals surface area contributed by atoms with Crippen molar-refractivity contribution in [3.8, 4) is 0 Å². The molecular formula is C12H22N2OS. The van der Waals surface area contributed by atoms with Crippen molar-refractivity contribution in [3.05, 3.63) is 0 Å². The minimum Gasteiger partial charge on any atom is -0.381 e. The number of thioether (sulfide) groups is 1. The minimum absolute atomic E-state index is 0.611. The molecule has 2 unspecified atom stereocenters. The Hall–Kier alpha value is -0.220. The van der Waals surface area contributed by atoms with Crippen LogP contribution in [0.25, 0.3) is 0 Å². The molecule has 0 bridgehead atoms. The first kappa shape index (κ1) is 12.2. The van der Waals surface area contributed by atoms with Crippen molar-refractivity contribution >= 4 is 16.9 Å². The molecule has 2 fully saturated rings. The maximum absolute atomic E-state index is 5.36. The van der Waals surface area contributed by atoms with Crippen LogP contribution in [0.2, 0.25) is 0 Å². The van der Waals surface area contributed by atoms with Crippen LogP contribution in [0.5, 0.6) is 0 Å². The first-order valence-corrected chi connectivity index (χ1v) is 7.26. The van der Waals surface area contributed by atoms with E-state index >= 15 is 0 Å². The van der Waals surface area contributed by atoms with Crippen molar-refractivity contribution < 1.29 is 4.74 Å². The van der Waals surface area contributed by atoms with Gasteiger partial charge in [-0.15, -0.1) is 0 Å². The second-order valence-corrected chi connectivity index (χ2v) is 6.09. The van der Waals surface area contributed by atoms with Crippen molar-refractivity contribution in [1.29, 1.82) is 0 Å². The molecule has 0 saturated carbocycles. The lowest BCUT2D eigenvalue weighted by molar-refractivity contribution is 0.187. The molecule has 2 atom stereocenters. The summed E-state index contributed by atoms with van der Waals surface area (Å²) in [5.41, 5.74) is 0. The summed E-state index contributed by atoms with van der Waals surface area (Å²) in [4.78, 5) is 4.69. The maximum atomic E-state index is 5.36. The topological polar surface area (TPSA) is 33.6 Å². The fraction of sp³-hybridized carbons (Fsp3) is 0.917. The molecule has 16 heavy (non-hydrogen) atoms. The van der Waals surface area contributed by atoms with Gasteiger partial charge in [0.2, 0.25) is 0 Å². The number of nitrogens with zero attached hydrogens (tertiary/aromatic N) is 1. The van der Waals surface area contributed by atoms with Crippen molar-refractivity contribution in [2.45, 2.75) is 32.7 Å². The molecule has 3 nitrogen and oxygen atoms in total. The highest BCUT2D eigenvalue weighted by Gasteiger charge is 2.21. The van der Waals surface area contributed by atoms with Gasteiger partial charge in [0.05, 0.1) is 6.61 Å². The van der Waals surface area contributed by atoms with Gasteiger partial charge in [-0.3, -0.25) is 4.99 Å². The van der Waals surface area contributed by atoms with E-state index in [1.807, 2.05) is 11.8 Å². The summed E-state index contributed by atoms with van der Waals surface area (Å²) in [6.45, 7) is 7.30. The number of amidine groups is 1. The molecular weight excluding hydrogens is 220 g/mol. The predicted octanol–water partition coefficient (Wildman–Crippen LogP) is 2.13. The van der Waals surface area contributed by atoms with Crippen LogP contribution in [-0.2, 0) is 4.74 Å². The third-order valence-corrected chi connectivity index (χ3v) is 4.26. The SMILES string of the molecule is CC(C)C1CCSC(=NCC2CCOC2)N1. The normalized spacial score (nSPS) is 33.3. The van der Waals surface area contributed by atoms with Gasteiger partial charge in [-0.25, -0.2) is 0 Å². The van der Waals surface area contributed by atoms with E-state index in [2.05, 4.69) is 24.2 Å². The molecule has 0 aliphatic carbocycles. The zero-order valence-electron chi connectivity index (χ0n) is 10.2. The molecule has 2 heterocycles. The lowest BCUT2D eigenvalue weighted by Gasteiger charge is -2.28. The number of hydrogen-bond donors (Lipinski definition) is 1. The summed E-state index contributed by atoms with van der Waals surface area (Å²) in [5, 5.41) is 4.70. The van der Waals surface area contributed by atoms with Crippen LogP contribution in [0.3, 0.4) is 0 Å². The predicted molar refractivity (Wildman–Crippen MR) is 70.1 cm³/mol. The lowest BCUT2D eigenvalue weighted by atomic mass is 10.0. The quantitative estimate of drug-likeness (QED) is 0.823. The molecule has 92 valence electrons. The van der Waals surface area contributed by atoms with Crippen molar-refractivity contribution in [2.24, 2.45) is 16.8 Å². The van der Waals surface area contributed by atoms with Crippen LogP contribution >= 0.6 is 11.8 Å². The Bertz CT molecular complexity index is 249. The van der Waals surface area contributed by atoms with Crippen LogP contribution in [-0.4, -0.2) is 36.7 Å². The van der Waals surface area contributed by atoms with Gasteiger partial charge >= 0.3 is 0 Å². The first-order valence-electron chi connectivity index (χ1n) is 6.27. The van der Waals surface area contributed by atoms with Gasteiger partial charge in [0.15, 0.2) is 5.17 Å². The van der Waals surface area contributed by atoms with E-state index in [1.54, 1.807) is 0 Å². The standard InChI is InChI=1S/C12H22N2OS/c1-9(2)11-4-6-16-12(14-11)13-7-10-3-5-15-8-10/h9-11H,3-8H2,1-2H3,(H,13,14). The van der Waals surface area contributed by atoms with Gasteiger partial charge in [-0.1, -0.05) is 25.6 Å². The van der Waals surface area contributed by atoms with Crippen LogP contribution in [0.1, 0.15) is 26.7 Å². The number of hydrogen-bond acceptors (Lipinski definition) is 3. The minimum atomic E-state index is 0.611. The number of rotatable bonds is 3. The molecule has 0 amide bonds. The van der Waals surface area contributed by atoms with E-state index in [1.165, 1.54) is 18.6 Å². The summed E-state index contributed by atoms with van der Waals surface area (Å²) in [6, 6.07) is 0.611. The Morgan fingerprint density at radius 2 is 2.38 bits per heavy atom. The van der Waals surface area contributed by atoms with Crippen molar-refractivity contribution in [2.75, 3.05) is 25.5 Å². The van der Waals surface area contributed by atoms with Crippen molar-refractivity contribution in [1.82, 2.24) is 5.32 Å². The zero-order chi connectivity index (χ0) is 11.4. The largest absolute Gasteiger partial charge is 0.381 e. The van der Waals surface area contributed by atoms with E-state index in [-0.39, 0.29) is 0 Å². The monoisotopic (exact) mass is 242 g/mol. The number of aliphatic imine (C=N–C) groups is 1. The summed E-state index contributed by atoms with van der Waals surface area (Å²) >= 11 is 1.87. The molecule has 0 aromatic heterocycles. The van der Waals surface area contributed by atoms with Gasteiger partial charge < -0.3 is 10.1 Å². The summed E-state index contributed by atoms with van der Waals surface area (Å²) in [5.74, 6) is 2.55. The fourth-order valence-electron chi connectivity index (χ4n) is 2.09. The van der Waals surface area contributed by atoms with E-state index in [9.17, 15) is 0 Å². The second kappa shape index (κ2) is 5.92. The number of ether oxygens (including phenoxy) is 1. The Labute approximate surface area is 102 Å². The first-order chi connectivity index (χ1) is 7.75. The molecule has 2 aliphatic rings. The zero-order valence-corrected chi connectivity index (χ0v) is 11.1. The third kappa shape index (κ3) is 3.39. The average molecular weight is 242 g/mol. The molecule has 1 N–H and O–H groups in total. The molecule has 0 aromatic carbocycles. The smallest absolute Gasteiger partial charge is 0.156 e. The average Bonchev–Trinajstić information content (AvgIpc) is 2.79. The highest BCUT2D eigenvalue weighted by atomic mass is 32.2. The molecule has 2 aliphatic heterocycles. The Balaban J connectivity index is 1.81. The van der Waals surface area contributed by atoms with Gasteiger partial charge in [0.1, 0.15) is 0 Å². The summed E-state index contributed by atoms with van der Waals surface area (Å²) in [6.07, 6.45) is 2.43. The van der Waals surface area contributed by atoms with Gasteiger partial charge in [-0.05, 0) is 18.8 Å². The number of nitrogens with one attached hydrogen (secondary N) is 1. The Morgan fingerprint density at radius 1 is 1.50 bits per heavy atom. The summed E-state index contributed by atoms with van der Waals surface area (Å²) in [7, 11) is 0. The molecule has 2 rings (SSSR count). The van der Waals surface area contributed by atoms with E-state index in [0.29, 0.717) is 17.9 Å². The maximum Gasteiger partial charge on any atom is 0.156 e. The van der Waals surface area contributed by atoms with Gasteiger partial charge in [-0.2, -0.15) is 0 Å². The molecule has 0 aromatic rings.